The summed E-state index contributed by atoms with van der Waals surface area (Å²) in [7, 11) is 1.52. The minimum Gasteiger partial charge on any atom is -0.240 e. The molecule has 1 fully saturated rings. The Hall–Kier alpha value is -1.08. The number of hydrogen-bond acceptors (Lipinski definition) is 3. The average molecular weight is 266 g/mol. The van der Waals surface area contributed by atoms with Crippen LogP contribution in [0.4, 0.5) is 0 Å². The maximum Gasteiger partial charge on any atom is 0.0931 e. The molecule has 0 atom stereocenters. The Bertz CT molecular complexity index is 447. The van der Waals surface area contributed by atoms with E-state index >= 15 is 0 Å². The molecule has 1 aromatic rings. The highest BCUT2D eigenvalue weighted by atomic mass is 35.5. The second-order valence-electron chi connectivity index (χ2n) is 4.67. The van der Waals surface area contributed by atoms with E-state index in [0.29, 0.717) is 5.02 Å². The largest absolute Gasteiger partial charge is 0.240 e. The van der Waals surface area contributed by atoms with E-state index in [1.54, 1.807) is 0 Å². The van der Waals surface area contributed by atoms with E-state index in [1.165, 1.54) is 7.11 Å². The van der Waals surface area contributed by atoms with Crippen molar-refractivity contribution >= 4 is 11.6 Å². The molecule has 0 aliphatic heterocycles. The van der Waals surface area contributed by atoms with Crippen LogP contribution in [0.25, 0.3) is 0 Å². The molecule has 18 heavy (non-hydrogen) atoms. The molecule has 2 rings (SSSR count). The third-order valence-corrected chi connectivity index (χ3v) is 3.84. The average Bonchev–Trinajstić information content (AvgIpc) is 2.40. The quantitative estimate of drug-likeness (QED) is 0.619. The molecule has 0 amide bonds. The van der Waals surface area contributed by atoms with Gasteiger partial charge in [0.1, 0.15) is 0 Å². The monoisotopic (exact) mass is 265 g/mol. The molecule has 4 heteroatoms. The fraction of sp³-hybridized carbons (Fsp3) is 0.500. The Labute approximate surface area is 112 Å². The normalized spacial score (nSPS) is 27.7. The van der Waals surface area contributed by atoms with Gasteiger partial charge in [-0.05, 0) is 43.4 Å². The molecular weight excluding hydrogens is 250 g/mol. The molecule has 0 spiro atoms. The molecule has 3 nitrogen and oxygen atoms in total. The molecule has 96 valence electrons. The lowest BCUT2D eigenvalue weighted by Gasteiger charge is -2.34. The van der Waals surface area contributed by atoms with Crippen LogP contribution in [0.1, 0.15) is 31.2 Å². The first-order valence-electron chi connectivity index (χ1n) is 6.07. The number of nitrogens with zero attached hydrogens (tertiary/aromatic N) is 1. The first-order chi connectivity index (χ1) is 8.70. The molecule has 0 unspecified atom stereocenters. The molecule has 1 aliphatic carbocycles. The first-order valence-corrected chi connectivity index (χ1v) is 6.45. The van der Waals surface area contributed by atoms with Crippen LogP contribution >= 0.6 is 11.6 Å². The van der Waals surface area contributed by atoms with Crippen LogP contribution in [0.5, 0.6) is 0 Å². The summed E-state index contributed by atoms with van der Waals surface area (Å²) in [6.45, 7) is 0. The topological polar surface area (TPSA) is 42.2 Å². The van der Waals surface area contributed by atoms with E-state index in [-0.39, 0.29) is 6.10 Å². The van der Waals surface area contributed by atoms with Crippen molar-refractivity contribution in [2.24, 2.45) is 0 Å². The summed E-state index contributed by atoms with van der Waals surface area (Å²) >= 11 is 6.01. The van der Waals surface area contributed by atoms with E-state index in [0.717, 1.165) is 31.2 Å². The number of rotatable bonds is 3. The van der Waals surface area contributed by atoms with E-state index in [4.69, 9.17) is 21.4 Å². The zero-order chi connectivity index (χ0) is 13.0. The number of hydrogen-bond donors (Lipinski definition) is 0. The molecule has 0 aromatic heterocycles. The summed E-state index contributed by atoms with van der Waals surface area (Å²) in [6, 6.07) is 10.1. The summed E-state index contributed by atoms with van der Waals surface area (Å²) < 4.78 is 0. The van der Waals surface area contributed by atoms with Gasteiger partial charge in [-0.1, -0.05) is 23.7 Å². The Kier molecular flexibility index (Phi) is 4.23. The summed E-state index contributed by atoms with van der Waals surface area (Å²) in [5.41, 5.74) is 0.576. The van der Waals surface area contributed by atoms with Crippen molar-refractivity contribution in [3.8, 4) is 6.07 Å². The Morgan fingerprint density at radius 1 is 1.39 bits per heavy atom. The van der Waals surface area contributed by atoms with Crippen molar-refractivity contribution in [3.05, 3.63) is 34.9 Å². The lowest BCUT2D eigenvalue weighted by Crippen LogP contribution is -2.33. The second kappa shape index (κ2) is 5.71. The number of halogens is 1. The van der Waals surface area contributed by atoms with Gasteiger partial charge in [-0.3, -0.25) is 0 Å². The van der Waals surface area contributed by atoms with Crippen molar-refractivity contribution in [1.29, 1.82) is 5.26 Å². The molecule has 0 saturated heterocycles. The van der Waals surface area contributed by atoms with Crippen molar-refractivity contribution in [2.75, 3.05) is 7.11 Å². The highest BCUT2D eigenvalue weighted by Gasteiger charge is 2.37. The first kappa shape index (κ1) is 13.4. The Balaban J connectivity index is 2.17. The molecule has 1 aliphatic rings. The lowest BCUT2D eigenvalue weighted by molar-refractivity contribution is -0.310. The smallest absolute Gasteiger partial charge is 0.0931 e. The highest BCUT2D eigenvalue weighted by molar-refractivity contribution is 6.30. The van der Waals surface area contributed by atoms with Gasteiger partial charge in [0.25, 0.3) is 0 Å². The molecule has 1 aromatic carbocycles. The zero-order valence-corrected chi connectivity index (χ0v) is 11.1. The van der Waals surface area contributed by atoms with Crippen LogP contribution in [0.15, 0.2) is 24.3 Å². The van der Waals surface area contributed by atoms with Crippen molar-refractivity contribution in [1.82, 2.24) is 0 Å². The van der Waals surface area contributed by atoms with Crippen molar-refractivity contribution in [3.63, 3.8) is 0 Å². The van der Waals surface area contributed by atoms with Crippen molar-refractivity contribution in [2.45, 2.75) is 37.2 Å². The van der Waals surface area contributed by atoms with Gasteiger partial charge >= 0.3 is 0 Å². The van der Waals surface area contributed by atoms with Gasteiger partial charge in [-0.15, -0.1) is 0 Å². The van der Waals surface area contributed by atoms with Gasteiger partial charge in [0, 0.05) is 5.02 Å². The fourth-order valence-electron chi connectivity index (χ4n) is 2.57. The maximum atomic E-state index is 9.54. The molecule has 0 radical (unpaired) electrons. The standard InChI is InChI=1S/C14H16ClNO2/c1-17-18-13-5-7-14(10-16,8-6-13)11-3-2-4-12(15)9-11/h2-4,9,13H,5-8H2,1H3. The van der Waals surface area contributed by atoms with Crippen LogP contribution in [0.2, 0.25) is 5.02 Å². The van der Waals surface area contributed by atoms with Gasteiger partial charge in [0.15, 0.2) is 0 Å². The third kappa shape index (κ3) is 2.67. The van der Waals surface area contributed by atoms with Crippen LogP contribution in [-0.4, -0.2) is 13.2 Å². The minimum atomic E-state index is -0.432. The molecule has 0 bridgehead atoms. The summed E-state index contributed by atoms with van der Waals surface area (Å²) in [5, 5.41) is 10.2. The van der Waals surface area contributed by atoms with E-state index in [9.17, 15) is 5.26 Å². The summed E-state index contributed by atoms with van der Waals surface area (Å²) in [5.74, 6) is 0. The van der Waals surface area contributed by atoms with Crippen LogP contribution in [0.3, 0.4) is 0 Å². The van der Waals surface area contributed by atoms with E-state index in [2.05, 4.69) is 6.07 Å². The number of nitriles is 1. The fourth-order valence-corrected chi connectivity index (χ4v) is 2.76. The van der Waals surface area contributed by atoms with Crippen molar-refractivity contribution < 1.29 is 9.78 Å². The van der Waals surface area contributed by atoms with E-state index in [1.807, 2.05) is 24.3 Å². The molecule has 1 saturated carbocycles. The van der Waals surface area contributed by atoms with Crippen LogP contribution < -0.4 is 0 Å². The van der Waals surface area contributed by atoms with Crippen LogP contribution in [-0.2, 0) is 15.2 Å². The molecular formula is C14H16ClNO2. The number of benzene rings is 1. The Morgan fingerprint density at radius 2 is 2.11 bits per heavy atom. The maximum absolute atomic E-state index is 9.54. The highest BCUT2D eigenvalue weighted by Crippen LogP contribution is 2.40. The van der Waals surface area contributed by atoms with Gasteiger partial charge in [-0.2, -0.15) is 5.26 Å². The van der Waals surface area contributed by atoms with Crippen LogP contribution in [0, 0.1) is 11.3 Å². The van der Waals surface area contributed by atoms with Gasteiger partial charge < -0.3 is 0 Å². The van der Waals surface area contributed by atoms with E-state index < -0.39 is 5.41 Å². The third-order valence-electron chi connectivity index (χ3n) is 3.61. The Morgan fingerprint density at radius 3 is 2.67 bits per heavy atom. The predicted molar refractivity (Wildman–Crippen MR) is 69.1 cm³/mol. The SMILES string of the molecule is COOC1CCC(C#N)(c2cccc(Cl)c2)CC1. The summed E-state index contributed by atoms with van der Waals surface area (Å²) in [4.78, 5) is 9.85. The predicted octanol–water partition coefficient (Wildman–Crippen LogP) is 3.62. The molecule has 0 N–H and O–H groups in total. The van der Waals surface area contributed by atoms with Gasteiger partial charge in [-0.25, -0.2) is 9.78 Å². The minimum absolute atomic E-state index is 0.0932. The summed E-state index contributed by atoms with van der Waals surface area (Å²) in [6.07, 6.45) is 3.30. The van der Waals surface area contributed by atoms with Gasteiger partial charge in [0.2, 0.25) is 0 Å². The second-order valence-corrected chi connectivity index (χ2v) is 5.10. The lowest BCUT2D eigenvalue weighted by atomic mass is 9.70. The molecule has 0 heterocycles. The zero-order valence-electron chi connectivity index (χ0n) is 10.4. The van der Waals surface area contributed by atoms with Gasteiger partial charge in [0.05, 0.1) is 24.7 Å².